The van der Waals surface area contributed by atoms with Crippen molar-refractivity contribution in [2.45, 2.75) is 26.7 Å². The molecule has 0 aromatic heterocycles. The smallest absolute Gasteiger partial charge is 0.357 e. The maximum Gasteiger partial charge on any atom is 0.357 e. The summed E-state index contributed by atoms with van der Waals surface area (Å²) in [5, 5.41) is 10.1. The van der Waals surface area contributed by atoms with E-state index < -0.39 is 5.97 Å². The third-order valence-electron chi connectivity index (χ3n) is 3.80. The topological polar surface area (TPSA) is 66.8 Å². The van der Waals surface area contributed by atoms with Gasteiger partial charge in [0.05, 0.1) is 18.7 Å². The number of benzene rings is 1. The molecule has 0 saturated carbocycles. The van der Waals surface area contributed by atoms with Crippen molar-refractivity contribution in [2.24, 2.45) is 5.41 Å². The maximum absolute atomic E-state index is 12.0. The van der Waals surface area contributed by atoms with E-state index in [0.717, 1.165) is 17.6 Å². The summed E-state index contributed by atoms with van der Waals surface area (Å²) in [7, 11) is 1.59. The number of nitrogens with zero attached hydrogens (tertiary/aromatic N) is 1. The van der Waals surface area contributed by atoms with Crippen LogP contribution in [0.4, 0.5) is 0 Å². The second kappa shape index (κ2) is 7.06. The van der Waals surface area contributed by atoms with Crippen LogP contribution in [0.15, 0.2) is 30.3 Å². The van der Waals surface area contributed by atoms with Gasteiger partial charge < -0.3 is 9.94 Å². The number of ketones is 1. The van der Waals surface area contributed by atoms with Gasteiger partial charge >= 0.3 is 5.97 Å². The predicted molar refractivity (Wildman–Crippen MR) is 87.6 cm³/mol. The molecule has 0 unspecified atom stereocenters. The van der Waals surface area contributed by atoms with E-state index >= 15 is 0 Å². The molecule has 0 amide bonds. The zero-order chi connectivity index (χ0) is 17.0. The van der Waals surface area contributed by atoms with E-state index in [9.17, 15) is 9.59 Å². The summed E-state index contributed by atoms with van der Waals surface area (Å²) in [6.07, 6.45) is 3.10. The lowest BCUT2D eigenvalue weighted by Gasteiger charge is -2.29. The van der Waals surface area contributed by atoms with Gasteiger partial charge in [0.2, 0.25) is 0 Å². The van der Waals surface area contributed by atoms with E-state index in [1.54, 1.807) is 25.3 Å². The number of allylic oxidation sites excluding steroid dienone is 2. The molecule has 0 spiro atoms. The monoisotopic (exact) mass is 317 g/mol. The van der Waals surface area contributed by atoms with E-state index in [1.807, 2.05) is 12.1 Å². The molecule has 1 aromatic carbocycles. The van der Waals surface area contributed by atoms with Gasteiger partial charge in [-0.15, -0.1) is 5.06 Å². The van der Waals surface area contributed by atoms with E-state index in [1.165, 1.54) is 5.06 Å². The molecule has 0 aliphatic heterocycles. The van der Waals surface area contributed by atoms with Crippen molar-refractivity contribution in [1.82, 2.24) is 5.06 Å². The summed E-state index contributed by atoms with van der Waals surface area (Å²) in [6, 6.07) is 7.06. The van der Waals surface area contributed by atoms with Gasteiger partial charge in [-0.1, -0.05) is 26.0 Å². The van der Waals surface area contributed by atoms with Crippen LogP contribution in [0.5, 0.6) is 0 Å². The number of hydroxylamine groups is 2. The molecule has 1 aliphatic carbocycles. The van der Waals surface area contributed by atoms with Crippen LogP contribution in [-0.4, -0.2) is 42.1 Å². The third-order valence-corrected chi connectivity index (χ3v) is 3.80. The average Bonchev–Trinajstić information content (AvgIpc) is 2.45. The van der Waals surface area contributed by atoms with Crippen LogP contribution in [0.25, 0.3) is 5.57 Å². The molecule has 1 aliphatic rings. The van der Waals surface area contributed by atoms with Crippen molar-refractivity contribution in [3.8, 4) is 0 Å². The van der Waals surface area contributed by atoms with Gasteiger partial charge in [-0.3, -0.25) is 4.79 Å². The minimum Gasteiger partial charge on any atom is -0.395 e. The summed E-state index contributed by atoms with van der Waals surface area (Å²) in [5.74, 6) is -0.327. The molecule has 0 fully saturated rings. The first-order valence-electron chi connectivity index (χ1n) is 7.69. The van der Waals surface area contributed by atoms with Crippen molar-refractivity contribution in [3.05, 3.63) is 41.5 Å². The minimum absolute atomic E-state index is 0.0359. The molecule has 124 valence electrons. The van der Waals surface area contributed by atoms with Crippen LogP contribution in [0.2, 0.25) is 0 Å². The fourth-order valence-corrected chi connectivity index (χ4v) is 2.73. The van der Waals surface area contributed by atoms with Crippen LogP contribution in [0.1, 0.15) is 42.6 Å². The number of aliphatic hydroxyl groups excluding tert-OH is 1. The molecule has 5 nitrogen and oxygen atoms in total. The Labute approximate surface area is 136 Å². The summed E-state index contributed by atoms with van der Waals surface area (Å²) in [6.45, 7) is 4.34. The van der Waals surface area contributed by atoms with Gasteiger partial charge in [0.25, 0.3) is 0 Å². The lowest BCUT2D eigenvalue weighted by atomic mass is 9.75. The fraction of sp³-hybridized carbons (Fsp3) is 0.444. The number of carbonyl (C=O) groups excluding carboxylic acids is 2. The SMILES string of the molecule is CN(CCO)OC(=O)c1ccc(C2=CC(=O)CC(C)(C)C2)cc1. The summed E-state index contributed by atoms with van der Waals surface area (Å²) in [5.41, 5.74) is 2.35. The molecule has 0 heterocycles. The molecule has 1 N–H and O–H groups in total. The van der Waals surface area contributed by atoms with Crippen LogP contribution >= 0.6 is 0 Å². The Bertz CT molecular complexity index is 616. The lowest BCUT2D eigenvalue weighted by molar-refractivity contribution is -0.116. The van der Waals surface area contributed by atoms with Crippen molar-refractivity contribution in [3.63, 3.8) is 0 Å². The van der Waals surface area contributed by atoms with Crippen LogP contribution in [0.3, 0.4) is 0 Å². The Morgan fingerprint density at radius 3 is 2.48 bits per heavy atom. The van der Waals surface area contributed by atoms with Gasteiger partial charge in [-0.25, -0.2) is 4.79 Å². The highest BCUT2D eigenvalue weighted by Crippen LogP contribution is 2.38. The van der Waals surface area contributed by atoms with Crippen LogP contribution < -0.4 is 0 Å². The normalized spacial score (nSPS) is 17.1. The first kappa shape index (κ1) is 17.4. The quantitative estimate of drug-likeness (QED) is 0.845. The Kier molecular flexibility index (Phi) is 5.34. The van der Waals surface area contributed by atoms with Gasteiger partial charge in [0.1, 0.15) is 0 Å². The van der Waals surface area contributed by atoms with E-state index in [-0.39, 0.29) is 24.3 Å². The number of likely N-dealkylation sites (N-methyl/N-ethyl adjacent to an activating group) is 1. The highest BCUT2D eigenvalue weighted by molar-refractivity contribution is 5.99. The molecule has 0 atom stereocenters. The van der Waals surface area contributed by atoms with Crippen molar-refractivity contribution in [1.29, 1.82) is 0 Å². The Balaban J connectivity index is 2.10. The molecule has 1 aromatic rings. The number of carbonyl (C=O) groups is 2. The van der Waals surface area contributed by atoms with Gasteiger partial charge in [0.15, 0.2) is 5.78 Å². The van der Waals surface area contributed by atoms with Crippen molar-refractivity contribution in [2.75, 3.05) is 20.2 Å². The Morgan fingerprint density at radius 2 is 1.91 bits per heavy atom. The number of rotatable bonds is 5. The average molecular weight is 317 g/mol. The lowest BCUT2D eigenvalue weighted by Crippen LogP contribution is -2.26. The van der Waals surface area contributed by atoms with Crippen molar-refractivity contribution >= 4 is 17.3 Å². The zero-order valence-corrected chi connectivity index (χ0v) is 13.8. The summed E-state index contributed by atoms with van der Waals surface area (Å²) < 4.78 is 0. The second-order valence-corrected chi connectivity index (χ2v) is 6.68. The molecular weight excluding hydrogens is 294 g/mol. The van der Waals surface area contributed by atoms with Crippen LogP contribution in [0, 0.1) is 5.41 Å². The highest BCUT2D eigenvalue weighted by Gasteiger charge is 2.28. The number of hydrogen-bond acceptors (Lipinski definition) is 5. The largest absolute Gasteiger partial charge is 0.395 e. The number of hydrogen-bond donors (Lipinski definition) is 1. The molecule has 0 radical (unpaired) electrons. The van der Waals surface area contributed by atoms with E-state index in [0.29, 0.717) is 12.0 Å². The Morgan fingerprint density at radius 1 is 1.26 bits per heavy atom. The minimum atomic E-state index is -0.471. The fourth-order valence-electron chi connectivity index (χ4n) is 2.73. The highest BCUT2D eigenvalue weighted by atomic mass is 16.7. The molecule has 23 heavy (non-hydrogen) atoms. The number of aliphatic hydroxyl groups is 1. The van der Waals surface area contributed by atoms with Gasteiger partial charge in [0, 0.05) is 13.5 Å². The molecular formula is C18H23NO4. The standard InChI is InChI=1S/C18H23NO4/c1-18(2)11-15(10-16(21)12-18)13-4-6-14(7-5-13)17(22)23-19(3)8-9-20/h4-7,10,20H,8-9,11-12H2,1-3H3. The third kappa shape index (κ3) is 4.74. The molecule has 5 heteroatoms. The predicted octanol–water partition coefficient (Wildman–Crippen LogP) is 2.46. The van der Waals surface area contributed by atoms with E-state index in [2.05, 4.69) is 13.8 Å². The molecule has 2 rings (SSSR count). The van der Waals surface area contributed by atoms with Crippen LogP contribution in [-0.2, 0) is 9.63 Å². The first-order valence-corrected chi connectivity index (χ1v) is 7.69. The van der Waals surface area contributed by atoms with E-state index in [4.69, 9.17) is 9.94 Å². The maximum atomic E-state index is 12.0. The second-order valence-electron chi connectivity index (χ2n) is 6.68. The van der Waals surface area contributed by atoms with Gasteiger partial charge in [-0.05, 0) is 41.2 Å². The summed E-state index contributed by atoms with van der Waals surface area (Å²) in [4.78, 5) is 28.9. The summed E-state index contributed by atoms with van der Waals surface area (Å²) >= 11 is 0. The zero-order valence-electron chi connectivity index (χ0n) is 13.8. The first-order chi connectivity index (χ1) is 10.8. The van der Waals surface area contributed by atoms with Crippen molar-refractivity contribution < 1.29 is 19.5 Å². The molecule has 0 bridgehead atoms. The van der Waals surface area contributed by atoms with Gasteiger partial charge in [-0.2, -0.15) is 0 Å². The molecule has 0 saturated heterocycles. The Hall–Kier alpha value is -1.98.